The smallest absolute Gasteiger partial charge is 0.0635 e. The van der Waals surface area contributed by atoms with Gasteiger partial charge in [0.15, 0.2) is 0 Å². The second kappa shape index (κ2) is 9.43. The first kappa shape index (κ1) is 24.8. The summed E-state index contributed by atoms with van der Waals surface area (Å²) in [5.41, 5.74) is 9.81. The summed E-state index contributed by atoms with van der Waals surface area (Å²) in [6, 6.07) is 57.5. The minimum atomic E-state index is 1.17. The van der Waals surface area contributed by atoms with Gasteiger partial charge in [-0.15, -0.1) is 11.3 Å². The second-order valence-corrected chi connectivity index (χ2v) is 12.8. The number of fused-ring (bicyclic) bond motifs is 11. The molecule has 0 saturated carbocycles. The van der Waals surface area contributed by atoms with Crippen LogP contribution in [0.4, 0.5) is 0 Å². The van der Waals surface area contributed by atoms with E-state index >= 15 is 0 Å². The Bertz CT molecular complexity index is 2730. The third kappa shape index (κ3) is 3.50. The number of rotatable bonds is 3. The highest BCUT2D eigenvalue weighted by molar-refractivity contribution is 7.26. The van der Waals surface area contributed by atoms with Gasteiger partial charge in [-0.2, -0.15) is 0 Å². The number of nitrogens with zero attached hydrogens (tertiary/aromatic N) is 2. The van der Waals surface area contributed by atoms with Gasteiger partial charge < -0.3 is 9.13 Å². The van der Waals surface area contributed by atoms with Crippen molar-refractivity contribution in [2.45, 2.75) is 0 Å². The zero-order valence-electron chi connectivity index (χ0n) is 24.3. The van der Waals surface area contributed by atoms with Gasteiger partial charge in [-0.25, -0.2) is 0 Å². The van der Waals surface area contributed by atoms with Gasteiger partial charge in [0.2, 0.25) is 0 Å². The number of para-hydroxylation sites is 3. The van der Waals surface area contributed by atoms with Crippen LogP contribution in [0.1, 0.15) is 0 Å². The van der Waals surface area contributed by atoms with Gasteiger partial charge in [0, 0.05) is 53.1 Å². The lowest BCUT2D eigenvalue weighted by molar-refractivity contribution is 1.18. The summed E-state index contributed by atoms with van der Waals surface area (Å²) in [5, 5.41) is 7.75. The third-order valence-corrected chi connectivity index (χ3v) is 10.4. The molecular weight excluding hydrogens is 565 g/mol. The summed E-state index contributed by atoms with van der Waals surface area (Å²) in [7, 11) is 0. The van der Waals surface area contributed by atoms with Crippen molar-refractivity contribution in [1.29, 1.82) is 0 Å². The van der Waals surface area contributed by atoms with Crippen molar-refractivity contribution in [2.75, 3.05) is 0 Å². The van der Waals surface area contributed by atoms with Crippen LogP contribution >= 0.6 is 11.3 Å². The Morgan fingerprint density at radius 3 is 1.49 bits per heavy atom. The van der Waals surface area contributed by atoms with E-state index in [4.69, 9.17) is 0 Å². The first-order valence-electron chi connectivity index (χ1n) is 15.4. The van der Waals surface area contributed by atoms with E-state index in [0.29, 0.717) is 0 Å². The Morgan fingerprint density at radius 2 is 0.867 bits per heavy atom. The minimum Gasteiger partial charge on any atom is -0.309 e. The topological polar surface area (TPSA) is 9.86 Å². The molecule has 0 N–H and O–H groups in total. The SMILES string of the molecule is c1ccc(-c2ccc3c(c2)c2ccc4sc5ccc6c7ccccc7n(-c7ccccc7)c6c5c4c2n3-c2ccccc2)cc1. The molecule has 0 aliphatic heterocycles. The summed E-state index contributed by atoms with van der Waals surface area (Å²) in [4.78, 5) is 0. The molecule has 45 heavy (non-hydrogen) atoms. The molecule has 0 fully saturated rings. The molecule has 210 valence electrons. The molecule has 0 radical (unpaired) electrons. The molecule has 0 atom stereocenters. The van der Waals surface area contributed by atoms with Crippen molar-refractivity contribution in [1.82, 2.24) is 9.13 Å². The first-order valence-corrected chi connectivity index (χ1v) is 16.2. The summed E-state index contributed by atoms with van der Waals surface area (Å²) < 4.78 is 7.57. The Kier molecular flexibility index (Phi) is 5.19. The molecule has 0 bridgehead atoms. The van der Waals surface area contributed by atoms with Crippen LogP contribution in [0.5, 0.6) is 0 Å². The largest absolute Gasteiger partial charge is 0.309 e. The standard InChI is InChI=1S/C42H26N2S/c1-4-12-27(13-5-1)28-20-23-36-34(26-28)33-22-25-38-40(42(33)44(36)30-16-8-3-9-17-30)39-37(45-38)24-21-32-31-18-10-11-19-35(31)43(41(32)39)29-14-6-2-7-15-29/h1-26H. The highest BCUT2D eigenvalue weighted by Crippen LogP contribution is 2.47. The van der Waals surface area contributed by atoms with Crippen LogP contribution in [0.25, 0.3) is 86.3 Å². The lowest BCUT2D eigenvalue weighted by Gasteiger charge is -2.11. The normalized spacial score (nSPS) is 12.0. The number of hydrogen-bond acceptors (Lipinski definition) is 1. The van der Waals surface area contributed by atoms with E-state index in [1.54, 1.807) is 0 Å². The van der Waals surface area contributed by atoms with E-state index in [1.807, 2.05) is 11.3 Å². The molecule has 7 aromatic carbocycles. The summed E-state index contributed by atoms with van der Waals surface area (Å²) in [6.45, 7) is 0. The van der Waals surface area contributed by atoms with Gasteiger partial charge in [-0.3, -0.25) is 0 Å². The van der Waals surface area contributed by atoms with Gasteiger partial charge in [0.25, 0.3) is 0 Å². The predicted octanol–water partition coefficient (Wildman–Crippen LogP) is 11.9. The Morgan fingerprint density at radius 1 is 0.356 bits per heavy atom. The van der Waals surface area contributed by atoms with Crippen LogP contribution in [0.3, 0.4) is 0 Å². The predicted molar refractivity (Wildman–Crippen MR) is 193 cm³/mol. The Balaban J connectivity index is 1.44. The average molecular weight is 591 g/mol. The van der Waals surface area contributed by atoms with Crippen LogP contribution < -0.4 is 0 Å². The zero-order chi connectivity index (χ0) is 29.5. The maximum Gasteiger partial charge on any atom is 0.0635 e. The van der Waals surface area contributed by atoms with E-state index in [1.165, 1.54) is 86.3 Å². The fourth-order valence-corrected chi connectivity index (χ4v) is 8.51. The fourth-order valence-electron chi connectivity index (χ4n) is 7.40. The van der Waals surface area contributed by atoms with Crippen LogP contribution in [0.15, 0.2) is 158 Å². The molecule has 0 aliphatic rings. The van der Waals surface area contributed by atoms with Gasteiger partial charge in [-0.05, 0) is 65.7 Å². The van der Waals surface area contributed by atoms with Gasteiger partial charge in [-0.1, -0.05) is 103 Å². The maximum atomic E-state index is 2.49. The van der Waals surface area contributed by atoms with Crippen LogP contribution in [-0.4, -0.2) is 9.13 Å². The van der Waals surface area contributed by atoms with Crippen molar-refractivity contribution >= 4 is 75.1 Å². The van der Waals surface area contributed by atoms with Crippen molar-refractivity contribution in [2.24, 2.45) is 0 Å². The van der Waals surface area contributed by atoms with E-state index in [2.05, 4.69) is 167 Å². The molecule has 3 heterocycles. The highest BCUT2D eigenvalue weighted by Gasteiger charge is 2.22. The van der Waals surface area contributed by atoms with Crippen LogP contribution in [0, 0.1) is 0 Å². The molecule has 10 rings (SSSR count). The molecule has 0 amide bonds. The van der Waals surface area contributed by atoms with E-state index < -0.39 is 0 Å². The number of aromatic nitrogens is 2. The average Bonchev–Trinajstić information content (AvgIpc) is 3.76. The van der Waals surface area contributed by atoms with Crippen molar-refractivity contribution in [3.05, 3.63) is 158 Å². The number of benzene rings is 7. The monoisotopic (exact) mass is 590 g/mol. The van der Waals surface area contributed by atoms with Crippen molar-refractivity contribution < 1.29 is 0 Å². The van der Waals surface area contributed by atoms with E-state index in [9.17, 15) is 0 Å². The van der Waals surface area contributed by atoms with E-state index in [-0.39, 0.29) is 0 Å². The lowest BCUT2D eigenvalue weighted by atomic mass is 10.0. The summed E-state index contributed by atoms with van der Waals surface area (Å²) in [5.74, 6) is 0. The molecule has 3 heteroatoms. The van der Waals surface area contributed by atoms with Crippen LogP contribution in [-0.2, 0) is 0 Å². The van der Waals surface area contributed by atoms with E-state index in [0.717, 1.165) is 0 Å². The Hall–Kier alpha value is -5.64. The molecule has 0 unspecified atom stereocenters. The van der Waals surface area contributed by atoms with Gasteiger partial charge >= 0.3 is 0 Å². The number of thiophene rings is 1. The molecule has 3 aromatic heterocycles. The molecule has 0 aliphatic carbocycles. The lowest BCUT2D eigenvalue weighted by Crippen LogP contribution is -1.95. The molecule has 0 spiro atoms. The zero-order valence-corrected chi connectivity index (χ0v) is 25.1. The highest BCUT2D eigenvalue weighted by atomic mass is 32.1. The fraction of sp³-hybridized carbons (Fsp3) is 0. The van der Waals surface area contributed by atoms with Crippen molar-refractivity contribution in [3.8, 4) is 22.5 Å². The molecule has 10 aromatic rings. The summed E-state index contributed by atoms with van der Waals surface area (Å²) >= 11 is 1.89. The van der Waals surface area contributed by atoms with Gasteiger partial charge in [0.05, 0.1) is 22.1 Å². The quantitative estimate of drug-likeness (QED) is 0.194. The maximum absolute atomic E-state index is 2.49. The third-order valence-electron chi connectivity index (χ3n) is 9.30. The molecule has 0 saturated heterocycles. The summed E-state index contributed by atoms with van der Waals surface area (Å²) in [6.07, 6.45) is 0. The minimum absolute atomic E-state index is 1.17. The molecule has 2 nitrogen and oxygen atoms in total. The van der Waals surface area contributed by atoms with Gasteiger partial charge in [0.1, 0.15) is 0 Å². The Labute approximate surface area is 263 Å². The molecular formula is C42H26N2S. The second-order valence-electron chi connectivity index (χ2n) is 11.7. The first-order chi connectivity index (χ1) is 22.3. The van der Waals surface area contributed by atoms with Crippen molar-refractivity contribution in [3.63, 3.8) is 0 Å². The number of hydrogen-bond donors (Lipinski definition) is 0. The van der Waals surface area contributed by atoms with Crippen LogP contribution in [0.2, 0.25) is 0 Å².